The maximum Gasteiger partial charge on any atom is 0.255 e. The smallest absolute Gasteiger partial charge is 0.255 e. The zero-order valence-corrected chi connectivity index (χ0v) is 21.7. The first-order valence-electron chi connectivity index (χ1n) is 11.1. The molecule has 9 heteroatoms. The van der Waals surface area contributed by atoms with Crippen molar-refractivity contribution in [3.05, 3.63) is 47.0 Å². The van der Waals surface area contributed by atoms with Crippen LogP contribution in [0.5, 0.6) is 0 Å². The molecule has 0 aliphatic carbocycles. The Hall–Kier alpha value is -2.44. The molecule has 2 aromatic heterocycles. The highest BCUT2D eigenvalue weighted by atomic mass is 32.2. The Morgan fingerprint density at radius 2 is 1.91 bits per heavy atom. The van der Waals surface area contributed by atoms with Crippen LogP contribution >= 0.6 is 8.58 Å². The number of furan rings is 1. The minimum absolute atomic E-state index is 0.243. The number of anilines is 1. The first kappa shape index (κ1) is 25.2. The lowest BCUT2D eigenvalue weighted by Crippen LogP contribution is -2.32. The zero-order valence-electron chi connectivity index (χ0n) is 19.9. The number of hydrogen-bond donors (Lipinski definition) is 1. The maximum absolute atomic E-state index is 12.8. The van der Waals surface area contributed by atoms with Crippen molar-refractivity contribution in [2.45, 2.75) is 33.1 Å². The summed E-state index contributed by atoms with van der Waals surface area (Å²) in [5.41, 5.74) is 3.26. The average molecular weight is 490 g/mol. The van der Waals surface area contributed by atoms with Gasteiger partial charge in [0.05, 0.1) is 17.2 Å². The van der Waals surface area contributed by atoms with Gasteiger partial charge in [0.25, 0.3) is 5.91 Å². The summed E-state index contributed by atoms with van der Waals surface area (Å²) in [4.78, 5) is 17.4. The van der Waals surface area contributed by atoms with Crippen molar-refractivity contribution in [2.75, 3.05) is 37.0 Å². The lowest BCUT2D eigenvalue weighted by atomic mass is 10.0. The van der Waals surface area contributed by atoms with Gasteiger partial charge >= 0.3 is 0 Å². The molecule has 1 aromatic carbocycles. The largest absolute Gasteiger partial charge is 0.437 e. The number of nitrogens with one attached hydrogen (secondary N) is 1. The monoisotopic (exact) mass is 489 g/mol. The number of fused-ring (bicyclic) bond motifs is 1. The highest BCUT2D eigenvalue weighted by Crippen LogP contribution is 2.36. The van der Waals surface area contributed by atoms with Crippen LogP contribution in [-0.2, 0) is 16.4 Å². The molecular weight excluding hydrogens is 457 g/mol. The fourth-order valence-corrected chi connectivity index (χ4v) is 5.36. The average Bonchev–Trinajstić information content (AvgIpc) is 3.15. The van der Waals surface area contributed by atoms with Crippen molar-refractivity contribution in [3.8, 4) is 11.3 Å². The van der Waals surface area contributed by atoms with Crippen LogP contribution < -0.4 is 9.62 Å². The molecule has 0 spiro atoms. The van der Waals surface area contributed by atoms with Crippen LogP contribution in [0.4, 0.5) is 5.82 Å². The third kappa shape index (κ3) is 5.56. The van der Waals surface area contributed by atoms with Crippen molar-refractivity contribution in [1.82, 2.24) is 10.3 Å². The number of benzene rings is 1. The number of pyridine rings is 1. The summed E-state index contributed by atoms with van der Waals surface area (Å²) in [6.07, 6.45) is 4.90. The summed E-state index contributed by atoms with van der Waals surface area (Å²) in [7, 11) is -1.11. The van der Waals surface area contributed by atoms with E-state index < -0.39 is 10.0 Å². The number of sulfonamides is 1. The molecule has 0 aliphatic heterocycles. The van der Waals surface area contributed by atoms with Gasteiger partial charge in [0.15, 0.2) is 0 Å². The van der Waals surface area contributed by atoms with Crippen LogP contribution in [0.3, 0.4) is 0 Å². The molecule has 178 valence electrons. The number of amides is 1. The van der Waals surface area contributed by atoms with Gasteiger partial charge in [-0.1, -0.05) is 31.2 Å². The SMILES string of the molecule is CCc1ccc(-c2oc3nc(N(CCCCPC)S(C)(=O)=O)c(C)cc3c2C(=O)NC)cc1. The number of carbonyl (C=O) groups excluding carboxylic acids is 1. The molecule has 0 saturated carbocycles. The first-order valence-corrected chi connectivity index (χ1v) is 14.6. The third-order valence-corrected chi connectivity index (χ3v) is 7.61. The second kappa shape index (κ2) is 10.7. The number of aromatic nitrogens is 1. The molecule has 3 rings (SSSR count). The van der Waals surface area contributed by atoms with E-state index in [1.54, 1.807) is 13.1 Å². The summed E-state index contributed by atoms with van der Waals surface area (Å²) in [5.74, 6) is 0.484. The Bertz CT molecular complexity index is 1240. The highest BCUT2D eigenvalue weighted by molar-refractivity contribution is 7.92. The van der Waals surface area contributed by atoms with Gasteiger partial charge < -0.3 is 9.73 Å². The van der Waals surface area contributed by atoms with Crippen LogP contribution in [0.25, 0.3) is 22.4 Å². The lowest BCUT2D eigenvalue weighted by Gasteiger charge is -2.22. The predicted octanol–water partition coefficient (Wildman–Crippen LogP) is 4.58. The van der Waals surface area contributed by atoms with Gasteiger partial charge in [-0.25, -0.2) is 8.42 Å². The fourth-order valence-electron chi connectivity index (χ4n) is 3.80. The van der Waals surface area contributed by atoms with E-state index >= 15 is 0 Å². The minimum atomic E-state index is -3.53. The topological polar surface area (TPSA) is 92.5 Å². The molecule has 0 saturated heterocycles. The van der Waals surface area contributed by atoms with E-state index in [1.807, 2.05) is 31.2 Å². The van der Waals surface area contributed by atoms with Crippen LogP contribution in [-0.4, -0.2) is 52.0 Å². The summed E-state index contributed by atoms with van der Waals surface area (Å²) in [5, 5.41) is 3.24. The van der Waals surface area contributed by atoms with E-state index in [1.165, 1.54) is 16.1 Å². The molecule has 3 aromatic rings. The molecule has 1 N–H and O–H groups in total. The van der Waals surface area contributed by atoms with Crippen molar-refractivity contribution in [1.29, 1.82) is 0 Å². The second-order valence-corrected chi connectivity index (χ2v) is 11.2. The predicted molar refractivity (Wildman–Crippen MR) is 137 cm³/mol. The summed E-state index contributed by atoms with van der Waals surface area (Å²) in [6.45, 7) is 6.39. The van der Waals surface area contributed by atoms with Crippen molar-refractivity contribution < 1.29 is 17.6 Å². The van der Waals surface area contributed by atoms with Crippen molar-refractivity contribution >= 4 is 41.4 Å². The van der Waals surface area contributed by atoms with Crippen molar-refractivity contribution in [3.63, 3.8) is 0 Å². The number of unbranched alkanes of at least 4 members (excludes halogenated alkanes) is 1. The molecule has 7 nitrogen and oxygen atoms in total. The molecule has 1 unspecified atom stereocenters. The zero-order chi connectivity index (χ0) is 24.2. The Morgan fingerprint density at radius 1 is 1.21 bits per heavy atom. The fraction of sp³-hybridized carbons (Fsp3) is 0.417. The van der Waals surface area contributed by atoms with E-state index in [9.17, 15) is 13.2 Å². The molecular formula is C24H32N3O4PS. The van der Waals surface area contributed by atoms with Crippen molar-refractivity contribution in [2.24, 2.45) is 0 Å². The Labute approximate surface area is 197 Å². The molecule has 0 radical (unpaired) electrons. The molecule has 1 atom stereocenters. The normalized spacial score (nSPS) is 12.0. The van der Waals surface area contributed by atoms with Gasteiger partial charge in [-0.05, 0) is 56.2 Å². The van der Waals surface area contributed by atoms with E-state index in [4.69, 9.17) is 4.42 Å². The number of rotatable bonds is 10. The minimum Gasteiger partial charge on any atom is -0.437 e. The number of nitrogens with zero attached hydrogens (tertiary/aromatic N) is 2. The second-order valence-electron chi connectivity index (χ2n) is 8.06. The quantitative estimate of drug-likeness (QED) is 0.332. The van der Waals surface area contributed by atoms with E-state index in [0.717, 1.165) is 39.6 Å². The number of hydrogen-bond acceptors (Lipinski definition) is 5. The molecule has 2 heterocycles. The first-order chi connectivity index (χ1) is 15.7. The maximum atomic E-state index is 12.8. The Balaban J connectivity index is 2.15. The van der Waals surface area contributed by atoms with Gasteiger partial charge in [0.1, 0.15) is 11.6 Å². The summed E-state index contributed by atoms with van der Waals surface area (Å²) in [6, 6.07) is 9.65. The summed E-state index contributed by atoms with van der Waals surface area (Å²) < 4.78 is 32.6. The van der Waals surface area contributed by atoms with Gasteiger partial charge in [-0.15, -0.1) is 8.58 Å². The number of carbonyl (C=O) groups is 1. The van der Waals surface area contributed by atoms with Gasteiger partial charge in [-0.3, -0.25) is 9.10 Å². The standard InChI is InChI=1S/C24H32N3O4PS/c1-6-17-9-11-18(12-10-17)21-20(23(28)25-3)19-15-16(2)22(26-24(19)31-21)27(33(5,29)30)13-7-8-14-32-4/h9-12,15,32H,6-8,13-14H2,1-5H3,(H,25,28). The highest BCUT2D eigenvalue weighted by Gasteiger charge is 2.26. The van der Waals surface area contributed by atoms with Gasteiger partial charge in [0, 0.05) is 19.2 Å². The van der Waals surface area contributed by atoms with Gasteiger partial charge in [-0.2, -0.15) is 4.98 Å². The molecule has 1 amide bonds. The van der Waals surface area contributed by atoms with E-state index in [-0.39, 0.29) is 11.6 Å². The number of aryl methyl sites for hydroxylation is 2. The molecule has 33 heavy (non-hydrogen) atoms. The van der Waals surface area contributed by atoms with Crippen LogP contribution in [0, 0.1) is 6.92 Å². The molecule has 0 fully saturated rings. The lowest BCUT2D eigenvalue weighted by molar-refractivity contribution is 0.0964. The molecule has 0 bridgehead atoms. The van der Waals surface area contributed by atoms with Crippen LogP contribution in [0.2, 0.25) is 0 Å². The van der Waals surface area contributed by atoms with Crippen LogP contribution in [0.15, 0.2) is 34.7 Å². The van der Waals surface area contributed by atoms with Gasteiger partial charge in [0.2, 0.25) is 15.7 Å². The Morgan fingerprint density at radius 3 is 2.48 bits per heavy atom. The third-order valence-electron chi connectivity index (χ3n) is 5.60. The summed E-state index contributed by atoms with van der Waals surface area (Å²) >= 11 is 0. The molecule has 0 aliphatic rings. The van der Waals surface area contributed by atoms with Crippen LogP contribution in [0.1, 0.15) is 41.3 Å². The van der Waals surface area contributed by atoms with E-state index in [0.29, 0.717) is 34.6 Å². The van der Waals surface area contributed by atoms with E-state index in [2.05, 4.69) is 23.9 Å². The Kier molecular flexibility index (Phi) is 8.14.